The van der Waals surface area contributed by atoms with Crippen LogP contribution >= 0.6 is 0 Å². The Morgan fingerprint density at radius 1 is 1.27 bits per heavy atom. The van der Waals surface area contributed by atoms with Crippen molar-refractivity contribution in [3.8, 4) is 0 Å². The summed E-state index contributed by atoms with van der Waals surface area (Å²) in [7, 11) is 0. The molecule has 4 nitrogen and oxygen atoms in total. The van der Waals surface area contributed by atoms with Gasteiger partial charge in [0.05, 0.1) is 11.9 Å². The monoisotopic (exact) mass is 363 g/mol. The summed E-state index contributed by atoms with van der Waals surface area (Å²) in [4.78, 5) is 12.5. The van der Waals surface area contributed by atoms with Gasteiger partial charge >= 0.3 is 0 Å². The average molecular weight is 364 g/mol. The van der Waals surface area contributed by atoms with E-state index in [-0.39, 0.29) is 22.8 Å². The number of hydrogen-bond acceptors (Lipinski definition) is 3. The molecule has 1 N–H and O–H groups in total. The number of ether oxygens (including phenoxy) is 1. The van der Waals surface area contributed by atoms with Crippen molar-refractivity contribution in [2.75, 3.05) is 13.2 Å². The first-order chi connectivity index (χ1) is 12.2. The van der Waals surface area contributed by atoms with Gasteiger partial charge in [-0.15, -0.1) is 0 Å². The Labute approximate surface area is 159 Å². The Kier molecular flexibility index (Phi) is 6.95. The van der Waals surface area contributed by atoms with Gasteiger partial charge in [-0.25, -0.2) is 0 Å². The zero-order valence-corrected chi connectivity index (χ0v) is 17.4. The zero-order valence-electron chi connectivity index (χ0n) is 17.4. The predicted octanol–water partition coefficient (Wildman–Crippen LogP) is 5.15. The molecule has 4 heteroatoms. The smallest absolute Gasteiger partial charge is 0.220 e. The number of hydrogen-bond donors (Lipinski definition) is 1. The minimum Gasteiger partial charge on any atom is -0.469 e. The Morgan fingerprint density at radius 3 is 2.54 bits per heavy atom. The van der Waals surface area contributed by atoms with E-state index in [0.29, 0.717) is 18.3 Å². The van der Waals surface area contributed by atoms with Gasteiger partial charge in [0.1, 0.15) is 5.76 Å². The average Bonchev–Trinajstić information content (AvgIpc) is 3.05. The molecule has 0 aliphatic carbocycles. The number of carbonyl (C=O) groups is 1. The van der Waals surface area contributed by atoms with Crippen molar-refractivity contribution < 1.29 is 13.9 Å². The lowest BCUT2D eigenvalue weighted by Crippen LogP contribution is -2.45. The zero-order chi connectivity index (χ0) is 19.4. The van der Waals surface area contributed by atoms with Crippen LogP contribution in [0.15, 0.2) is 22.8 Å². The van der Waals surface area contributed by atoms with Gasteiger partial charge in [-0.2, -0.15) is 0 Å². The second kappa shape index (κ2) is 8.60. The standard InChI is InChI=1S/C22H37NO3/c1-16(2)18(19-8-7-12-25-19)14-20(24)23-11-9-22(17(3)4)10-13-26-21(5,6)15-22/h7-8,12,16-18H,9-11,13-15H2,1-6H3,(H,23,24)/t18-,22+/m0/s1. The van der Waals surface area contributed by atoms with Gasteiger partial charge in [-0.3, -0.25) is 4.79 Å². The largest absolute Gasteiger partial charge is 0.469 e. The third-order valence-electron chi connectivity index (χ3n) is 6.16. The van der Waals surface area contributed by atoms with Crippen molar-refractivity contribution in [3.05, 3.63) is 24.2 Å². The van der Waals surface area contributed by atoms with E-state index in [9.17, 15) is 4.79 Å². The van der Waals surface area contributed by atoms with E-state index in [4.69, 9.17) is 9.15 Å². The second-order valence-electron chi connectivity index (χ2n) is 9.22. The van der Waals surface area contributed by atoms with E-state index >= 15 is 0 Å². The first-order valence-corrected chi connectivity index (χ1v) is 10.1. The molecule has 0 aromatic carbocycles. The minimum atomic E-state index is -0.0748. The molecule has 1 aromatic rings. The maximum Gasteiger partial charge on any atom is 0.220 e. The third-order valence-corrected chi connectivity index (χ3v) is 6.16. The number of nitrogens with one attached hydrogen (secondary N) is 1. The van der Waals surface area contributed by atoms with Crippen LogP contribution in [-0.2, 0) is 9.53 Å². The van der Waals surface area contributed by atoms with Gasteiger partial charge in [0.2, 0.25) is 5.91 Å². The van der Waals surface area contributed by atoms with Gasteiger partial charge in [0.25, 0.3) is 0 Å². The van der Waals surface area contributed by atoms with E-state index in [1.807, 2.05) is 12.1 Å². The summed E-state index contributed by atoms with van der Waals surface area (Å²) in [5.41, 5.74) is 0.169. The van der Waals surface area contributed by atoms with Crippen molar-refractivity contribution in [2.24, 2.45) is 17.3 Å². The van der Waals surface area contributed by atoms with Crippen LogP contribution in [0.1, 0.15) is 78.9 Å². The highest BCUT2D eigenvalue weighted by atomic mass is 16.5. The van der Waals surface area contributed by atoms with E-state index in [1.54, 1.807) is 6.26 Å². The predicted molar refractivity (Wildman–Crippen MR) is 105 cm³/mol. The van der Waals surface area contributed by atoms with Gasteiger partial charge < -0.3 is 14.5 Å². The maximum absolute atomic E-state index is 12.5. The first-order valence-electron chi connectivity index (χ1n) is 10.1. The maximum atomic E-state index is 12.5. The molecule has 148 valence electrons. The van der Waals surface area contributed by atoms with Gasteiger partial charge in [0.15, 0.2) is 0 Å². The first kappa shape index (κ1) is 21.0. The molecule has 0 spiro atoms. The SMILES string of the molecule is CC(C)[C@H](CC(=O)NCC[C@@]1(C(C)C)CCOC(C)(C)C1)c1ccco1. The topological polar surface area (TPSA) is 51.5 Å². The minimum absolute atomic E-state index is 0.0748. The van der Waals surface area contributed by atoms with Crippen LogP contribution in [0.4, 0.5) is 0 Å². The van der Waals surface area contributed by atoms with Gasteiger partial charge in [-0.05, 0) is 62.5 Å². The molecule has 1 aliphatic rings. The molecule has 1 saturated heterocycles. The fourth-order valence-corrected chi connectivity index (χ4v) is 4.40. The molecule has 1 fully saturated rings. The number of rotatable bonds is 8. The third kappa shape index (κ3) is 5.35. The molecular formula is C22H37NO3. The van der Waals surface area contributed by atoms with Crippen LogP contribution in [0, 0.1) is 17.3 Å². The van der Waals surface area contributed by atoms with Gasteiger partial charge in [-0.1, -0.05) is 27.7 Å². The van der Waals surface area contributed by atoms with Crippen LogP contribution in [0.3, 0.4) is 0 Å². The summed E-state index contributed by atoms with van der Waals surface area (Å²) in [6.07, 6.45) is 5.30. The van der Waals surface area contributed by atoms with E-state index in [1.165, 1.54) is 0 Å². The summed E-state index contributed by atoms with van der Waals surface area (Å²) in [5, 5.41) is 3.16. The molecule has 2 atom stereocenters. The molecule has 0 saturated carbocycles. The fraction of sp³-hybridized carbons (Fsp3) is 0.773. The highest BCUT2D eigenvalue weighted by molar-refractivity contribution is 5.76. The van der Waals surface area contributed by atoms with Crippen molar-refractivity contribution in [3.63, 3.8) is 0 Å². The molecule has 0 bridgehead atoms. The summed E-state index contributed by atoms with van der Waals surface area (Å²) in [5.74, 6) is 2.09. The van der Waals surface area contributed by atoms with Crippen molar-refractivity contribution in [2.45, 2.75) is 78.7 Å². The van der Waals surface area contributed by atoms with Crippen molar-refractivity contribution in [1.82, 2.24) is 5.32 Å². The molecule has 1 aromatic heterocycles. The Balaban J connectivity index is 1.90. The summed E-state index contributed by atoms with van der Waals surface area (Å²) < 4.78 is 11.5. The Hall–Kier alpha value is -1.29. The Morgan fingerprint density at radius 2 is 2.00 bits per heavy atom. The highest BCUT2D eigenvalue weighted by Gasteiger charge is 2.42. The van der Waals surface area contributed by atoms with Crippen molar-refractivity contribution in [1.29, 1.82) is 0 Å². The molecule has 0 unspecified atom stereocenters. The summed E-state index contributed by atoms with van der Waals surface area (Å²) in [6.45, 7) is 14.8. The molecule has 2 rings (SSSR count). The lowest BCUT2D eigenvalue weighted by atomic mass is 9.65. The number of furan rings is 1. The lowest BCUT2D eigenvalue weighted by molar-refractivity contribution is -0.125. The molecule has 26 heavy (non-hydrogen) atoms. The Bertz CT molecular complexity index is 562. The number of amides is 1. The molecule has 1 amide bonds. The lowest BCUT2D eigenvalue weighted by Gasteiger charge is -2.47. The fourth-order valence-electron chi connectivity index (χ4n) is 4.40. The molecule has 0 radical (unpaired) electrons. The molecular weight excluding hydrogens is 326 g/mol. The van der Waals surface area contributed by atoms with Crippen LogP contribution in [0.2, 0.25) is 0 Å². The highest BCUT2D eigenvalue weighted by Crippen LogP contribution is 2.46. The van der Waals surface area contributed by atoms with E-state index in [0.717, 1.165) is 38.2 Å². The summed E-state index contributed by atoms with van der Waals surface area (Å²) in [6, 6.07) is 3.86. The van der Waals surface area contributed by atoms with E-state index < -0.39 is 0 Å². The normalized spacial score (nSPS) is 24.0. The second-order valence-corrected chi connectivity index (χ2v) is 9.22. The van der Waals surface area contributed by atoms with E-state index in [2.05, 4.69) is 46.9 Å². The quantitative estimate of drug-likeness (QED) is 0.695. The van der Waals surface area contributed by atoms with Crippen LogP contribution < -0.4 is 5.32 Å². The van der Waals surface area contributed by atoms with Gasteiger partial charge in [0, 0.05) is 25.5 Å². The van der Waals surface area contributed by atoms with Crippen LogP contribution in [-0.4, -0.2) is 24.7 Å². The van der Waals surface area contributed by atoms with Crippen molar-refractivity contribution >= 4 is 5.91 Å². The molecule has 2 heterocycles. The van der Waals surface area contributed by atoms with Crippen LogP contribution in [0.5, 0.6) is 0 Å². The van der Waals surface area contributed by atoms with Crippen LogP contribution in [0.25, 0.3) is 0 Å². The molecule has 1 aliphatic heterocycles. The summed E-state index contributed by atoms with van der Waals surface area (Å²) >= 11 is 0. The number of carbonyl (C=O) groups excluding carboxylic acids is 1.